The molecule has 0 unspecified atom stereocenters. The summed E-state index contributed by atoms with van der Waals surface area (Å²) in [6.07, 6.45) is 1.86. The summed E-state index contributed by atoms with van der Waals surface area (Å²) in [6.45, 7) is 3.92. The van der Waals surface area contributed by atoms with Gasteiger partial charge in [-0.25, -0.2) is 0 Å². The Morgan fingerprint density at radius 2 is 1.73 bits per heavy atom. The summed E-state index contributed by atoms with van der Waals surface area (Å²) in [7, 11) is 0. The molecular weight excluding hydrogens is 402 g/mol. The lowest BCUT2D eigenvalue weighted by Gasteiger charge is -2.54. The van der Waals surface area contributed by atoms with Gasteiger partial charge in [0.1, 0.15) is 0 Å². The normalized spacial score (nSPS) is 26.4. The maximum absolute atomic E-state index is 13.4. The molecule has 6 heteroatoms. The number of fused-ring (bicyclic) bond motifs is 4. The number of nitrogens with zero attached hydrogens (tertiary/aromatic N) is 1. The fourth-order valence-electron chi connectivity index (χ4n) is 5.27. The quantitative estimate of drug-likeness (QED) is 0.498. The molecule has 2 fully saturated rings. The number of carbonyl (C=O) groups is 2. The topological polar surface area (TPSA) is 55.8 Å². The second-order valence-electron chi connectivity index (χ2n) is 8.94. The zero-order valence-corrected chi connectivity index (χ0v) is 17.8. The molecule has 5 nitrogen and oxygen atoms in total. The summed E-state index contributed by atoms with van der Waals surface area (Å²) in [5.41, 5.74) is 1.77. The van der Waals surface area contributed by atoms with Crippen LogP contribution < -0.4 is 4.90 Å². The van der Waals surface area contributed by atoms with Crippen molar-refractivity contribution >= 4 is 29.2 Å². The average molecular weight is 426 g/mol. The van der Waals surface area contributed by atoms with Gasteiger partial charge in [0.15, 0.2) is 5.41 Å². The van der Waals surface area contributed by atoms with Crippen molar-refractivity contribution in [2.24, 2.45) is 5.41 Å². The maximum Gasteiger partial charge on any atom is 0.329 e. The summed E-state index contributed by atoms with van der Waals surface area (Å²) in [4.78, 5) is 29.0. The highest BCUT2D eigenvalue weighted by molar-refractivity contribution is 6.30. The van der Waals surface area contributed by atoms with Crippen molar-refractivity contribution in [1.82, 2.24) is 0 Å². The summed E-state index contributed by atoms with van der Waals surface area (Å²) in [5, 5.41) is 0.642. The van der Waals surface area contributed by atoms with Crippen molar-refractivity contribution in [2.45, 2.75) is 50.9 Å². The second-order valence-corrected chi connectivity index (χ2v) is 9.38. The average Bonchev–Trinajstić information content (AvgIpc) is 2.72. The SMILES string of the molecule is CC1(C)OC(=O)C2(Cc3ccc(Cl)cc3N3CC[C@H](c4ccccc4)C[C@@H]32)C(=O)O1. The fraction of sp³-hybridized carbons (Fsp3) is 0.417. The highest BCUT2D eigenvalue weighted by Crippen LogP contribution is 2.51. The van der Waals surface area contributed by atoms with Gasteiger partial charge in [-0.1, -0.05) is 48.0 Å². The molecule has 3 heterocycles. The number of carbonyl (C=O) groups excluding carboxylic acids is 2. The van der Waals surface area contributed by atoms with Crippen molar-refractivity contribution in [2.75, 3.05) is 11.4 Å². The number of hydrogen-bond acceptors (Lipinski definition) is 5. The third-order valence-electron chi connectivity index (χ3n) is 6.67. The Hall–Kier alpha value is -2.53. The largest absolute Gasteiger partial charge is 0.422 e. The van der Waals surface area contributed by atoms with Crippen LogP contribution in [0.15, 0.2) is 48.5 Å². The molecule has 0 aliphatic carbocycles. The van der Waals surface area contributed by atoms with Crippen LogP contribution in [0, 0.1) is 5.41 Å². The van der Waals surface area contributed by atoms with Crippen LogP contribution in [0.1, 0.15) is 43.7 Å². The first-order chi connectivity index (χ1) is 14.3. The van der Waals surface area contributed by atoms with Gasteiger partial charge in [0.25, 0.3) is 5.79 Å². The third kappa shape index (κ3) is 2.90. The first-order valence-corrected chi connectivity index (χ1v) is 10.7. The van der Waals surface area contributed by atoms with E-state index in [1.807, 2.05) is 30.3 Å². The monoisotopic (exact) mass is 425 g/mol. The van der Waals surface area contributed by atoms with Gasteiger partial charge >= 0.3 is 11.9 Å². The summed E-state index contributed by atoms with van der Waals surface area (Å²) < 4.78 is 11.3. The van der Waals surface area contributed by atoms with Crippen LogP contribution in [0.4, 0.5) is 5.69 Å². The molecule has 1 spiro atoms. The molecule has 30 heavy (non-hydrogen) atoms. The number of rotatable bonds is 1. The van der Waals surface area contributed by atoms with Crippen molar-refractivity contribution in [3.8, 4) is 0 Å². The molecular formula is C24H24ClNO4. The van der Waals surface area contributed by atoms with Crippen LogP contribution in [-0.2, 0) is 25.5 Å². The van der Waals surface area contributed by atoms with Gasteiger partial charge in [-0.3, -0.25) is 9.59 Å². The van der Waals surface area contributed by atoms with E-state index in [0.29, 0.717) is 11.4 Å². The molecule has 0 saturated carbocycles. The van der Waals surface area contributed by atoms with Gasteiger partial charge in [0.05, 0.1) is 6.04 Å². The molecule has 0 amide bonds. The predicted molar refractivity (Wildman–Crippen MR) is 113 cm³/mol. The van der Waals surface area contributed by atoms with Gasteiger partial charge in [-0.2, -0.15) is 0 Å². The van der Waals surface area contributed by atoms with Gasteiger partial charge in [0, 0.05) is 37.5 Å². The van der Waals surface area contributed by atoms with E-state index in [2.05, 4.69) is 17.0 Å². The molecule has 2 aromatic rings. The number of cyclic esters (lactones) is 2. The van der Waals surface area contributed by atoms with Crippen LogP contribution in [0.25, 0.3) is 0 Å². The number of ether oxygens (including phenoxy) is 2. The van der Waals surface area contributed by atoms with E-state index >= 15 is 0 Å². The molecule has 156 valence electrons. The lowest BCUT2D eigenvalue weighted by Crippen LogP contribution is -2.67. The van der Waals surface area contributed by atoms with Crippen LogP contribution in [0.5, 0.6) is 0 Å². The third-order valence-corrected chi connectivity index (χ3v) is 6.91. The number of esters is 2. The maximum atomic E-state index is 13.4. The van der Waals surface area contributed by atoms with Crippen molar-refractivity contribution in [3.63, 3.8) is 0 Å². The smallest absolute Gasteiger partial charge is 0.329 e. The van der Waals surface area contributed by atoms with Gasteiger partial charge in [0.2, 0.25) is 0 Å². The van der Waals surface area contributed by atoms with Gasteiger partial charge in [-0.15, -0.1) is 0 Å². The van der Waals surface area contributed by atoms with E-state index < -0.39 is 23.1 Å². The molecule has 3 aliphatic rings. The van der Waals surface area contributed by atoms with E-state index in [1.54, 1.807) is 19.9 Å². The Morgan fingerprint density at radius 3 is 2.43 bits per heavy atom. The first-order valence-electron chi connectivity index (χ1n) is 10.4. The Balaban J connectivity index is 1.62. The summed E-state index contributed by atoms with van der Waals surface area (Å²) in [6, 6.07) is 15.6. The van der Waals surface area contributed by atoms with E-state index in [1.165, 1.54) is 5.56 Å². The lowest BCUT2D eigenvalue weighted by atomic mass is 9.65. The van der Waals surface area contributed by atoms with Crippen LogP contribution in [-0.4, -0.2) is 30.3 Å². The fourth-order valence-corrected chi connectivity index (χ4v) is 5.44. The van der Waals surface area contributed by atoms with Crippen LogP contribution in [0.3, 0.4) is 0 Å². The Kier molecular flexibility index (Phi) is 4.37. The minimum Gasteiger partial charge on any atom is -0.422 e. The molecule has 0 bridgehead atoms. The number of benzene rings is 2. The number of anilines is 1. The summed E-state index contributed by atoms with van der Waals surface area (Å²) in [5.74, 6) is -1.99. The number of piperidine rings is 1. The molecule has 5 rings (SSSR count). The highest BCUT2D eigenvalue weighted by atomic mass is 35.5. The van der Waals surface area contributed by atoms with Crippen molar-refractivity contribution in [3.05, 3.63) is 64.7 Å². The van der Waals surface area contributed by atoms with Crippen molar-refractivity contribution < 1.29 is 19.1 Å². The van der Waals surface area contributed by atoms with E-state index in [9.17, 15) is 9.59 Å². The van der Waals surface area contributed by atoms with Gasteiger partial charge < -0.3 is 14.4 Å². The number of hydrogen-bond donors (Lipinski definition) is 0. The second kappa shape index (κ2) is 6.74. The Labute approximate surface area is 180 Å². The number of halogens is 1. The van der Waals surface area contributed by atoms with Crippen LogP contribution in [0.2, 0.25) is 5.02 Å². The first kappa shape index (κ1) is 19.4. The molecule has 2 atom stereocenters. The Bertz CT molecular complexity index is 999. The molecule has 0 radical (unpaired) electrons. The molecule has 2 saturated heterocycles. The molecule has 0 N–H and O–H groups in total. The zero-order valence-electron chi connectivity index (χ0n) is 17.1. The molecule has 0 aromatic heterocycles. The van der Waals surface area contributed by atoms with Crippen molar-refractivity contribution in [1.29, 1.82) is 0 Å². The summed E-state index contributed by atoms with van der Waals surface area (Å²) >= 11 is 6.29. The highest BCUT2D eigenvalue weighted by Gasteiger charge is 2.64. The standard InChI is InChI=1S/C24H24ClNO4/c1-23(2)29-21(27)24(22(28)30-23)14-17-8-9-18(25)13-19(17)26-11-10-16(12-20(24)26)15-6-4-3-5-7-15/h3-9,13,16,20H,10-12,14H2,1-2H3/t16-,20+/m0/s1. The minimum atomic E-state index is -1.37. The zero-order chi connectivity index (χ0) is 21.1. The lowest BCUT2D eigenvalue weighted by molar-refractivity contribution is -0.253. The molecule has 3 aliphatic heterocycles. The predicted octanol–water partition coefficient (Wildman–Crippen LogP) is 4.47. The Morgan fingerprint density at radius 1 is 1.03 bits per heavy atom. The van der Waals surface area contributed by atoms with E-state index in [-0.39, 0.29) is 18.4 Å². The van der Waals surface area contributed by atoms with E-state index in [0.717, 1.165) is 24.2 Å². The molecule has 2 aromatic carbocycles. The van der Waals surface area contributed by atoms with Crippen LogP contribution >= 0.6 is 11.6 Å². The van der Waals surface area contributed by atoms with E-state index in [4.69, 9.17) is 21.1 Å². The van der Waals surface area contributed by atoms with Gasteiger partial charge in [-0.05, 0) is 42.0 Å². The minimum absolute atomic E-state index is 0.251.